The third-order valence-corrected chi connectivity index (χ3v) is 3.77. The van der Waals surface area contributed by atoms with Crippen molar-refractivity contribution in [3.05, 3.63) is 23.8 Å². The molecule has 1 aromatic heterocycles. The molecule has 0 aliphatic carbocycles. The summed E-state index contributed by atoms with van der Waals surface area (Å²) in [7, 11) is 0. The predicted octanol–water partition coefficient (Wildman–Crippen LogP) is 3.59. The molecule has 1 N–H and O–H groups in total. The van der Waals surface area contributed by atoms with Crippen LogP contribution in [-0.2, 0) is 4.79 Å². The largest absolute Gasteiger partial charge is 0.302 e. The molecular weight excluding hydrogens is 232 g/mol. The Kier molecular flexibility index (Phi) is 3.43. The fourth-order valence-corrected chi connectivity index (χ4v) is 2.47. The second-order valence-corrected chi connectivity index (χ2v) is 5.32. The highest BCUT2D eigenvalue weighted by Gasteiger charge is 2.12. The first-order valence-electron chi connectivity index (χ1n) is 5.78. The van der Waals surface area contributed by atoms with Gasteiger partial charge in [0.15, 0.2) is 5.13 Å². The third kappa shape index (κ3) is 2.64. The van der Waals surface area contributed by atoms with Crippen LogP contribution in [0.15, 0.2) is 18.2 Å². The Hall–Kier alpha value is -1.42. The van der Waals surface area contributed by atoms with E-state index >= 15 is 0 Å². The van der Waals surface area contributed by atoms with Crippen LogP contribution in [0.2, 0.25) is 0 Å². The van der Waals surface area contributed by atoms with E-state index in [1.165, 1.54) is 16.9 Å². The minimum atomic E-state index is 0.0312. The number of carbonyl (C=O) groups excluding carboxylic acids is 1. The van der Waals surface area contributed by atoms with Crippen LogP contribution < -0.4 is 5.32 Å². The highest BCUT2D eigenvalue weighted by Crippen LogP contribution is 2.27. The van der Waals surface area contributed by atoms with Gasteiger partial charge in [0.1, 0.15) is 0 Å². The van der Waals surface area contributed by atoms with E-state index in [0.717, 1.165) is 16.6 Å². The molecule has 4 heteroatoms. The lowest BCUT2D eigenvalue weighted by atomic mass is 10.1. The second kappa shape index (κ2) is 4.84. The number of aromatic nitrogens is 1. The SMILES string of the molecule is CCC(C)C(=O)Nc1nc2ccc(C)cc2s1. The lowest BCUT2D eigenvalue weighted by Crippen LogP contribution is -2.19. The van der Waals surface area contributed by atoms with Gasteiger partial charge in [0.25, 0.3) is 0 Å². The topological polar surface area (TPSA) is 42.0 Å². The summed E-state index contributed by atoms with van der Waals surface area (Å²) in [6, 6.07) is 6.11. The van der Waals surface area contributed by atoms with Gasteiger partial charge in [-0.2, -0.15) is 0 Å². The first-order valence-corrected chi connectivity index (χ1v) is 6.60. The Bertz CT molecular complexity index is 547. The van der Waals surface area contributed by atoms with E-state index in [9.17, 15) is 4.79 Å². The number of aryl methyl sites for hydroxylation is 1. The molecule has 1 amide bonds. The smallest absolute Gasteiger partial charge is 0.228 e. The first kappa shape index (κ1) is 12.0. The molecule has 0 saturated carbocycles. The van der Waals surface area contributed by atoms with Gasteiger partial charge in [-0.15, -0.1) is 0 Å². The Morgan fingerprint density at radius 2 is 2.29 bits per heavy atom. The van der Waals surface area contributed by atoms with Crippen LogP contribution in [0.1, 0.15) is 25.8 Å². The predicted molar refractivity (Wildman–Crippen MR) is 72.4 cm³/mol. The molecule has 0 aliphatic rings. The molecule has 0 aliphatic heterocycles. The third-order valence-electron chi connectivity index (χ3n) is 2.83. The van der Waals surface area contributed by atoms with Crippen LogP contribution in [0.4, 0.5) is 5.13 Å². The lowest BCUT2D eigenvalue weighted by Gasteiger charge is -2.06. The number of rotatable bonds is 3. The summed E-state index contributed by atoms with van der Waals surface area (Å²) in [4.78, 5) is 16.1. The minimum absolute atomic E-state index is 0.0312. The maximum absolute atomic E-state index is 11.7. The number of benzene rings is 1. The molecule has 3 nitrogen and oxygen atoms in total. The Morgan fingerprint density at radius 3 is 3.00 bits per heavy atom. The van der Waals surface area contributed by atoms with Crippen LogP contribution >= 0.6 is 11.3 Å². The van der Waals surface area contributed by atoms with E-state index in [-0.39, 0.29) is 11.8 Å². The summed E-state index contributed by atoms with van der Waals surface area (Å²) in [5, 5.41) is 3.56. The number of hydrogen-bond acceptors (Lipinski definition) is 3. The van der Waals surface area contributed by atoms with Gasteiger partial charge in [-0.05, 0) is 31.0 Å². The zero-order valence-corrected chi connectivity index (χ0v) is 11.1. The molecule has 2 rings (SSSR count). The van der Waals surface area contributed by atoms with Crippen molar-refractivity contribution in [1.82, 2.24) is 4.98 Å². The zero-order chi connectivity index (χ0) is 12.4. The summed E-state index contributed by atoms with van der Waals surface area (Å²) in [6.45, 7) is 5.98. The molecule has 1 unspecified atom stereocenters. The van der Waals surface area contributed by atoms with Gasteiger partial charge >= 0.3 is 0 Å². The van der Waals surface area contributed by atoms with E-state index in [1.807, 2.05) is 26.0 Å². The Morgan fingerprint density at radius 1 is 1.53 bits per heavy atom. The molecule has 17 heavy (non-hydrogen) atoms. The average molecular weight is 248 g/mol. The quantitative estimate of drug-likeness (QED) is 0.902. The molecular formula is C13H16N2OS. The van der Waals surface area contributed by atoms with Crippen molar-refractivity contribution in [2.75, 3.05) is 5.32 Å². The van der Waals surface area contributed by atoms with Crippen molar-refractivity contribution in [1.29, 1.82) is 0 Å². The summed E-state index contributed by atoms with van der Waals surface area (Å²) >= 11 is 1.52. The number of carbonyl (C=O) groups is 1. The first-order chi connectivity index (χ1) is 8.10. The molecule has 0 radical (unpaired) electrons. The van der Waals surface area contributed by atoms with E-state index in [4.69, 9.17) is 0 Å². The van der Waals surface area contributed by atoms with Gasteiger partial charge < -0.3 is 5.32 Å². The molecule has 90 valence electrons. The standard InChI is InChI=1S/C13H16N2OS/c1-4-9(3)12(16)15-13-14-10-6-5-8(2)7-11(10)17-13/h5-7,9H,4H2,1-3H3,(H,14,15,16). The van der Waals surface area contributed by atoms with E-state index < -0.39 is 0 Å². The van der Waals surface area contributed by atoms with E-state index in [2.05, 4.69) is 23.3 Å². The average Bonchev–Trinajstić information content (AvgIpc) is 2.69. The second-order valence-electron chi connectivity index (χ2n) is 4.29. The highest BCUT2D eigenvalue weighted by atomic mass is 32.1. The van der Waals surface area contributed by atoms with Crippen LogP contribution in [0.3, 0.4) is 0 Å². The molecule has 2 aromatic rings. The summed E-state index contributed by atoms with van der Waals surface area (Å²) < 4.78 is 1.12. The van der Waals surface area contributed by atoms with Crippen molar-refractivity contribution in [3.8, 4) is 0 Å². The number of hydrogen-bond donors (Lipinski definition) is 1. The van der Waals surface area contributed by atoms with Crippen molar-refractivity contribution < 1.29 is 4.79 Å². The van der Waals surface area contributed by atoms with Crippen LogP contribution in [0.25, 0.3) is 10.2 Å². The fraction of sp³-hybridized carbons (Fsp3) is 0.385. The Labute approximate surface area is 105 Å². The molecule has 1 atom stereocenters. The molecule has 1 heterocycles. The van der Waals surface area contributed by atoms with Crippen molar-refractivity contribution in [3.63, 3.8) is 0 Å². The number of fused-ring (bicyclic) bond motifs is 1. The van der Waals surface area contributed by atoms with E-state index in [0.29, 0.717) is 5.13 Å². The normalized spacial score (nSPS) is 12.6. The van der Waals surface area contributed by atoms with Gasteiger partial charge in [-0.25, -0.2) is 4.98 Å². The Balaban J connectivity index is 2.22. The molecule has 0 saturated heterocycles. The maximum atomic E-state index is 11.7. The number of nitrogens with one attached hydrogen (secondary N) is 1. The summed E-state index contributed by atoms with van der Waals surface area (Å²) in [6.07, 6.45) is 0.843. The number of amides is 1. The van der Waals surface area contributed by atoms with Crippen molar-refractivity contribution >= 4 is 32.6 Å². The lowest BCUT2D eigenvalue weighted by molar-refractivity contribution is -0.119. The number of thiazole rings is 1. The van der Waals surface area contributed by atoms with Gasteiger partial charge in [0, 0.05) is 5.92 Å². The summed E-state index contributed by atoms with van der Waals surface area (Å²) in [5.41, 5.74) is 2.15. The van der Waals surface area contributed by atoms with Gasteiger partial charge in [0.05, 0.1) is 10.2 Å². The van der Waals surface area contributed by atoms with Crippen LogP contribution in [0, 0.1) is 12.8 Å². The zero-order valence-electron chi connectivity index (χ0n) is 10.3. The van der Waals surface area contributed by atoms with E-state index in [1.54, 1.807) is 0 Å². The monoisotopic (exact) mass is 248 g/mol. The van der Waals surface area contributed by atoms with Crippen molar-refractivity contribution in [2.24, 2.45) is 5.92 Å². The maximum Gasteiger partial charge on any atom is 0.228 e. The number of nitrogens with zero attached hydrogens (tertiary/aromatic N) is 1. The molecule has 0 fully saturated rings. The van der Waals surface area contributed by atoms with Gasteiger partial charge in [-0.1, -0.05) is 31.3 Å². The number of anilines is 1. The minimum Gasteiger partial charge on any atom is -0.302 e. The molecule has 1 aromatic carbocycles. The van der Waals surface area contributed by atoms with Crippen LogP contribution in [0.5, 0.6) is 0 Å². The molecule has 0 spiro atoms. The van der Waals surface area contributed by atoms with Gasteiger partial charge in [-0.3, -0.25) is 4.79 Å². The fourth-order valence-electron chi connectivity index (χ4n) is 1.50. The molecule has 0 bridgehead atoms. The van der Waals surface area contributed by atoms with Crippen LogP contribution in [-0.4, -0.2) is 10.9 Å². The summed E-state index contributed by atoms with van der Waals surface area (Å²) in [5.74, 6) is 0.0760. The highest BCUT2D eigenvalue weighted by molar-refractivity contribution is 7.22. The van der Waals surface area contributed by atoms with Gasteiger partial charge in [0.2, 0.25) is 5.91 Å². The van der Waals surface area contributed by atoms with Crippen molar-refractivity contribution in [2.45, 2.75) is 27.2 Å².